The molecule has 3 aromatic heterocycles. The summed E-state index contributed by atoms with van der Waals surface area (Å²) in [6, 6.07) is 9.84. The zero-order valence-electron chi connectivity index (χ0n) is 17.9. The molecule has 3 heterocycles. The molecule has 0 aliphatic carbocycles. The van der Waals surface area contributed by atoms with Crippen molar-refractivity contribution in [3.05, 3.63) is 66.1 Å². The van der Waals surface area contributed by atoms with Gasteiger partial charge in [-0.15, -0.1) is 0 Å². The fourth-order valence-electron chi connectivity index (χ4n) is 3.23. The number of rotatable bonds is 8. The molecular weight excluding hydrogens is 430 g/mol. The Hall–Kier alpha value is -3.57. The third kappa shape index (κ3) is 4.68. The summed E-state index contributed by atoms with van der Waals surface area (Å²) in [6.45, 7) is 6.58. The number of nitrogens with zero attached hydrogens (tertiary/aromatic N) is 5. The van der Waals surface area contributed by atoms with Crippen LogP contribution in [-0.4, -0.2) is 33.1 Å². The minimum atomic E-state index is -3.69. The second-order valence-corrected chi connectivity index (χ2v) is 8.88. The van der Waals surface area contributed by atoms with Crippen molar-refractivity contribution in [1.82, 2.24) is 29.4 Å². The van der Waals surface area contributed by atoms with E-state index in [0.29, 0.717) is 23.1 Å². The number of sulfonamides is 1. The van der Waals surface area contributed by atoms with Gasteiger partial charge in [0.2, 0.25) is 16.0 Å². The van der Waals surface area contributed by atoms with Gasteiger partial charge in [-0.05, 0) is 51.1 Å². The first-order valence-corrected chi connectivity index (χ1v) is 11.5. The first-order valence-electron chi connectivity index (χ1n) is 10.00. The Morgan fingerprint density at radius 3 is 2.56 bits per heavy atom. The lowest BCUT2D eigenvalue weighted by atomic mass is 10.3. The van der Waals surface area contributed by atoms with Gasteiger partial charge in [-0.2, -0.15) is 0 Å². The van der Waals surface area contributed by atoms with E-state index in [1.807, 2.05) is 13.0 Å². The molecule has 4 rings (SSSR count). The van der Waals surface area contributed by atoms with E-state index in [9.17, 15) is 8.42 Å². The van der Waals surface area contributed by atoms with Gasteiger partial charge < -0.3 is 14.4 Å². The summed E-state index contributed by atoms with van der Waals surface area (Å²) in [4.78, 5) is 13.3. The number of benzene rings is 1. The van der Waals surface area contributed by atoms with Crippen LogP contribution in [0.1, 0.15) is 24.2 Å². The van der Waals surface area contributed by atoms with Crippen molar-refractivity contribution in [3.8, 4) is 11.4 Å². The topological polar surface area (TPSA) is 128 Å². The van der Waals surface area contributed by atoms with Crippen LogP contribution >= 0.6 is 0 Å². The number of hydrogen-bond acceptors (Lipinski definition) is 8. The van der Waals surface area contributed by atoms with Gasteiger partial charge in [0, 0.05) is 24.5 Å². The largest absolute Gasteiger partial charge is 0.360 e. The smallest absolute Gasteiger partial charge is 0.240 e. The zero-order valence-corrected chi connectivity index (χ0v) is 18.7. The van der Waals surface area contributed by atoms with Crippen LogP contribution < -0.4 is 10.0 Å². The molecule has 0 radical (unpaired) electrons. The van der Waals surface area contributed by atoms with Crippen molar-refractivity contribution < 1.29 is 12.9 Å². The van der Waals surface area contributed by atoms with Gasteiger partial charge in [0.15, 0.2) is 5.76 Å². The molecular formula is C21H23N7O3S. The predicted molar refractivity (Wildman–Crippen MR) is 119 cm³/mol. The summed E-state index contributed by atoms with van der Waals surface area (Å²) >= 11 is 0. The van der Waals surface area contributed by atoms with Gasteiger partial charge in [-0.25, -0.2) is 28.1 Å². The van der Waals surface area contributed by atoms with Gasteiger partial charge in [0.25, 0.3) is 0 Å². The Kier molecular flexibility index (Phi) is 6.01. The fraction of sp³-hybridized carbons (Fsp3) is 0.238. The van der Waals surface area contributed by atoms with Crippen LogP contribution in [-0.2, 0) is 23.1 Å². The maximum atomic E-state index is 12.5. The average molecular weight is 454 g/mol. The predicted octanol–water partition coefficient (Wildman–Crippen LogP) is 3.19. The number of aromatic nitrogens is 5. The minimum Gasteiger partial charge on any atom is -0.360 e. The molecule has 0 aliphatic heterocycles. The van der Waals surface area contributed by atoms with Crippen LogP contribution in [0.15, 0.2) is 58.2 Å². The molecule has 0 amide bonds. The summed E-state index contributed by atoms with van der Waals surface area (Å²) < 4.78 is 34.6. The summed E-state index contributed by atoms with van der Waals surface area (Å²) in [6.07, 6.45) is 3.46. The van der Waals surface area contributed by atoms with E-state index in [0.717, 1.165) is 23.8 Å². The summed E-state index contributed by atoms with van der Waals surface area (Å²) in [5.74, 6) is 1.76. The van der Waals surface area contributed by atoms with Crippen molar-refractivity contribution in [1.29, 1.82) is 0 Å². The molecule has 4 aromatic rings. The number of aryl methyl sites for hydroxylation is 2. The molecule has 0 bridgehead atoms. The van der Waals surface area contributed by atoms with Crippen LogP contribution in [0, 0.1) is 13.8 Å². The van der Waals surface area contributed by atoms with Crippen molar-refractivity contribution in [2.75, 3.05) is 5.32 Å². The molecule has 0 spiro atoms. The number of imidazole rings is 1. The molecule has 0 aliphatic rings. The number of nitrogens with one attached hydrogen (secondary N) is 2. The monoisotopic (exact) mass is 453 g/mol. The SMILES string of the molecule is CCn1c(-c2ccnc(Nc3ccc(S(=O)(=O)NCc4cc(C)no4)cc3)n2)cnc1C. The quantitative estimate of drug-likeness (QED) is 0.416. The third-order valence-corrected chi connectivity index (χ3v) is 6.24. The molecule has 0 saturated heterocycles. The van der Waals surface area contributed by atoms with E-state index in [4.69, 9.17) is 4.52 Å². The summed E-state index contributed by atoms with van der Waals surface area (Å²) in [5, 5.41) is 6.85. The first-order chi connectivity index (χ1) is 15.4. The molecule has 32 heavy (non-hydrogen) atoms. The standard InChI is InChI=1S/C21H23N7O3S/c1-4-28-15(3)23-13-20(28)19-9-10-22-21(26-19)25-16-5-7-18(8-6-16)32(29,30)24-12-17-11-14(2)27-31-17/h5-11,13,24H,4,12H2,1-3H3,(H,22,25,26). The molecule has 2 N–H and O–H groups in total. The molecule has 0 fully saturated rings. The van der Waals surface area contributed by atoms with Crippen LogP contribution in [0.4, 0.5) is 11.6 Å². The molecule has 166 valence electrons. The lowest BCUT2D eigenvalue weighted by molar-refractivity contribution is 0.377. The van der Waals surface area contributed by atoms with Gasteiger partial charge in [0.05, 0.1) is 34.7 Å². The van der Waals surface area contributed by atoms with E-state index in [1.54, 1.807) is 37.5 Å². The number of hydrogen-bond donors (Lipinski definition) is 2. The molecule has 1 aromatic carbocycles. The Morgan fingerprint density at radius 2 is 1.88 bits per heavy atom. The van der Waals surface area contributed by atoms with E-state index in [2.05, 4.69) is 41.6 Å². The minimum absolute atomic E-state index is 0.0254. The normalized spacial score (nSPS) is 11.6. The third-order valence-electron chi connectivity index (χ3n) is 4.82. The number of anilines is 2. The van der Waals surface area contributed by atoms with Gasteiger partial charge in [-0.1, -0.05) is 5.16 Å². The van der Waals surface area contributed by atoms with E-state index in [-0.39, 0.29) is 11.4 Å². The highest BCUT2D eigenvalue weighted by Gasteiger charge is 2.15. The Balaban J connectivity index is 1.47. The Labute approximate surface area is 185 Å². The highest BCUT2D eigenvalue weighted by molar-refractivity contribution is 7.89. The van der Waals surface area contributed by atoms with Crippen LogP contribution in [0.5, 0.6) is 0 Å². The summed E-state index contributed by atoms with van der Waals surface area (Å²) in [7, 11) is -3.69. The molecule has 0 atom stereocenters. The maximum absolute atomic E-state index is 12.5. The van der Waals surface area contributed by atoms with E-state index in [1.165, 1.54) is 12.1 Å². The second kappa shape index (κ2) is 8.89. The van der Waals surface area contributed by atoms with Crippen molar-refractivity contribution in [2.45, 2.75) is 38.8 Å². The molecule has 11 heteroatoms. The Morgan fingerprint density at radius 1 is 1.09 bits per heavy atom. The first kappa shape index (κ1) is 21.7. The van der Waals surface area contributed by atoms with Crippen molar-refractivity contribution in [3.63, 3.8) is 0 Å². The fourth-order valence-corrected chi connectivity index (χ4v) is 4.22. The van der Waals surface area contributed by atoms with E-state index < -0.39 is 10.0 Å². The van der Waals surface area contributed by atoms with Gasteiger partial charge >= 0.3 is 0 Å². The van der Waals surface area contributed by atoms with Crippen LogP contribution in [0.3, 0.4) is 0 Å². The molecule has 0 saturated carbocycles. The lowest BCUT2D eigenvalue weighted by Crippen LogP contribution is -2.23. The van der Waals surface area contributed by atoms with Gasteiger partial charge in [0.1, 0.15) is 5.82 Å². The van der Waals surface area contributed by atoms with Crippen molar-refractivity contribution in [2.24, 2.45) is 0 Å². The molecule has 0 unspecified atom stereocenters. The molecule has 10 nitrogen and oxygen atoms in total. The van der Waals surface area contributed by atoms with Crippen molar-refractivity contribution >= 4 is 21.7 Å². The van der Waals surface area contributed by atoms with Gasteiger partial charge in [-0.3, -0.25) is 0 Å². The average Bonchev–Trinajstić information content (AvgIpc) is 3.37. The van der Waals surface area contributed by atoms with Crippen LogP contribution in [0.25, 0.3) is 11.4 Å². The summed E-state index contributed by atoms with van der Waals surface area (Å²) in [5.41, 5.74) is 3.00. The lowest BCUT2D eigenvalue weighted by Gasteiger charge is -2.10. The zero-order chi connectivity index (χ0) is 22.7. The highest BCUT2D eigenvalue weighted by Crippen LogP contribution is 2.22. The Bertz CT molecular complexity index is 1330. The maximum Gasteiger partial charge on any atom is 0.240 e. The van der Waals surface area contributed by atoms with E-state index >= 15 is 0 Å². The second-order valence-electron chi connectivity index (χ2n) is 7.11. The van der Waals surface area contributed by atoms with Crippen LogP contribution in [0.2, 0.25) is 0 Å². The highest BCUT2D eigenvalue weighted by atomic mass is 32.2.